The maximum atomic E-state index is 12.2. The zero-order valence-electron chi connectivity index (χ0n) is 13.5. The Hall–Kier alpha value is -2.01. The van der Waals surface area contributed by atoms with Crippen molar-refractivity contribution in [2.75, 3.05) is 6.54 Å². The summed E-state index contributed by atoms with van der Waals surface area (Å²) >= 11 is 6.28. The predicted octanol–water partition coefficient (Wildman–Crippen LogP) is 3.95. The Labute approximate surface area is 140 Å². The molecule has 1 aromatic heterocycles. The first-order chi connectivity index (χ1) is 10.8. The van der Waals surface area contributed by atoms with E-state index in [9.17, 15) is 4.79 Å². The molecule has 1 amide bonds. The Balaban J connectivity index is 1.82. The van der Waals surface area contributed by atoms with Crippen molar-refractivity contribution >= 4 is 17.7 Å². The molecule has 6 heteroatoms. The highest BCUT2D eigenvalue weighted by molar-refractivity contribution is 6.33. The molecule has 0 unspecified atom stereocenters. The maximum Gasteiger partial charge on any atom is 0.410 e. The number of aromatic nitrogens is 2. The van der Waals surface area contributed by atoms with Crippen molar-refractivity contribution in [2.45, 2.75) is 39.5 Å². The topological polar surface area (TPSA) is 47.4 Å². The molecule has 0 spiro atoms. The summed E-state index contributed by atoms with van der Waals surface area (Å²) in [6.45, 7) is 7.31. The lowest BCUT2D eigenvalue weighted by molar-refractivity contribution is 0.0196. The van der Waals surface area contributed by atoms with Gasteiger partial charge in [-0.1, -0.05) is 29.8 Å². The van der Waals surface area contributed by atoms with Crippen LogP contribution in [-0.4, -0.2) is 32.7 Å². The monoisotopic (exact) mass is 333 g/mol. The third-order valence-electron chi connectivity index (χ3n) is 3.67. The molecule has 0 bridgehead atoms. The van der Waals surface area contributed by atoms with E-state index < -0.39 is 5.60 Å². The molecule has 23 heavy (non-hydrogen) atoms. The van der Waals surface area contributed by atoms with Gasteiger partial charge in [-0.2, -0.15) is 0 Å². The van der Waals surface area contributed by atoms with Crippen molar-refractivity contribution in [2.24, 2.45) is 0 Å². The molecule has 0 fully saturated rings. The molecule has 0 N–H and O–H groups in total. The first-order valence-electron chi connectivity index (χ1n) is 7.62. The quantitative estimate of drug-likeness (QED) is 0.793. The number of halogens is 1. The van der Waals surface area contributed by atoms with Crippen LogP contribution in [-0.2, 0) is 17.8 Å². The Morgan fingerprint density at radius 2 is 2.00 bits per heavy atom. The van der Waals surface area contributed by atoms with Crippen LogP contribution >= 0.6 is 11.6 Å². The highest BCUT2D eigenvalue weighted by Gasteiger charge is 2.27. The Kier molecular flexibility index (Phi) is 4.06. The van der Waals surface area contributed by atoms with Crippen LogP contribution in [0.25, 0.3) is 11.3 Å². The summed E-state index contributed by atoms with van der Waals surface area (Å²) in [5.41, 5.74) is 1.44. The summed E-state index contributed by atoms with van der Waals surface area (Å²) in [7, 11) is 0. The second-order valence-electron chi connectivity index (χ2n) is 6.59. The third-order valence-corrected chi connectivity index (χ3v) is 4.00. The standard InChI is InChI=1S/C17H20ClN3O2/c1-17(2,3)23-16(22)20-8-9-21-14(10-19-15(21)11-20)12-6-4-5-7-13(12)18/h4-7,10H,8-9,11H2,1-3H3. The van der Waals surface area contributed by atoms with Crippen molar-refractivity contribution in [3.8, 4) is 11.3 Å². The number of carbonyl (C=O) groups excluding carboxylic acids is 1. The molecule has 5 nitrogen and oxygen atoms in total. The normalized spacial score (nSPS) is 14.5. The predicted molar refractivity (Wildman–Crippen MR) is 89.3 cm³/mol. The van der Waals surface area contributed by atoms with E-state index in [1.807, 2.05) is 51.2 Å². The average molecular weight is 334 g/mol. The van der Waals surface area contributed by atoms with Gasteiger partial charge >= 0.3 is 6.09 Å². The first-order valence-corrected chi connectivity index (χ1v) is 8.00. The van der Waals surface area contributed by atoms with Crippen molar-refractivity contribution in [1.82, 2.24) is 14.5 Å². The smallest absolute Gasteiger partial charge is 0.410 e. The number of rotatable bonds is 1. The summed E-state index contributed by atoms with van der Waals surface area (Å²) in [6.07, 6.45) is 1.51. The summed E-state index contributed by atoms with van der Waals surface area (Å²) in [6, 6.07) is 7.71. The fraction of sp³-hybridized carbons (Fsp3) is 0.412. The van der Waals surface area contributed by atoms with Gasteiger partial charge in [0.1, 0.15) is 11.4 Å². The number of amides is 1. The van der Waals surface area contributed by atoms with E-state index in [-0.39, 0.29) is 6.09 Å². The molecule has 0 atom stereocenters. The van der Waals surface area contributed by atoms with Gasteiger partial charge in [0, 0.05) is 23.7 Å². The minimum atomic E-state index is -0.493. The molecular weight excluding hydrogens is 314 g/mol. The molecule has 0 saturated carbocycles. The lowest BCUT2D eigenvalue weighted by atomic mass is 10.1. The second-order valence-corrected chi connectivity index (χ2v) is 7.00. The minimum absolute atomic E-state index is 0.300. The number of imidazole rings is 1. The molecule has 0 radical (unpaired) electrons. The molecule has 1 aliphatic rings. The SMILES string of the molecule is CC(C)(C)OC(=O)N1CCn2c(-c3ccccc3Cl)cnc2C1. The fourth-order valence-corrected chi connectivity index (χ4v) is 2.86. The van der Waals surface area contributed by atoms with E-state index in [0.29, 0.717) is 24.7 Å². The van der Waals surface area contributed by atoms with Crippen LogP contribution in [0, 0.1) is 0 Å². The number of hydrogen-bond donors (Lipinski definition) is 0. The molecule has 122 valence electrons. The lowest BCUT2D eigenvalue weighted by Gasteiger charge is -2.31. The van der Waals surface area contributed by atoms with Crippen molar-refractivity contribution in [1.29, 1.82) is 0 Å². The van der Waals surface area contributed by atoms with Gasteiger partial charge in [0.2, 0.25) is 0 Å². The number of fused-ring (bicyclic) bond motifs is 1. The minimum Gasteiger partial charge on any atom is -0.444 e. The van der Waals surface area contributed by atoms with E-state index in [1.165, 1.54) is 0 Å². The Morgan fingerprint density at radius 3 is 2.70 bits per heavy atom. The Morgan fingerprint density at radius 1 is 1.26 bits per heavy atom. The first kappa shape index (κ1) is 15.9. The van der Waals surface area contributed by atoms with Gasteiger partial charge in [-0.3, -0.25) is 4.90 Å². The van der Waals surface area contributed by atoms with Gasteiger partial charge in [-0.25, -0.2) is 9.78 Å². The molecular formula is C17H20ClN3O2. The van der Waals surface area contributed by atoms with Crippen LogP contribution in [0.15, 0.2) is 30.5 Å². The van der Waals surface area contributed by atoms with E-state index in [0.717, 1.165) is 17.1 Å². The lowest BCUT2D eigenvalue weighted by Crippen LogP contribution is -2.41. The number of carbonyl (C=O) groups is 1. The number of benzene rings is 1. The van der Waals surface area contributed by atoms with E-state index in [1.54, 1.807) is 4.90 Å². The Bertz CT molecular complexity index is 734. The van der Waals surface area contributed by atoms with Gasteiger partial charge in [0.05, 0.1) is 18.4 Å². The molecule has 3 rings (SSSR count). The van der Waals surface area contributed by atoms with E-state index in [2.05, 4.69) is 9.55 Å². The van der Waals surface area contributed by atoms with Gasteiger partial charge in [0.15, 0.2) is 0 Å². The average Bonchev–Trinajstić information content (AvgIpc) is 2.89. The summed E-state index contributed by atoms with van der Waals surface area (Å²) in [5.74, 6) is 0.844. The van der Waals surface area contributed by atoms with Crippen molar-refractivity contribution in [3.05, 3.63) is 41.3 Å². The number of hydrogen-bond acceptors (Lipinski definition) is 3. The van der Waals surface area contributed by atoms with Crippen LogP contribution in [0.4, 0.5) is 4.79 Å². The van der Waals surface area contributed by atoms with Crippen molar-refractivity contribution < 1.29 is 9.53 Å². The highest BCUT2D eigenvalue weighted by atomic mass is 35.5. The van der Waals surface area contributed by atoms with Gasteiger partial charge in [0.25, 0.3) is 0 Å². The van der Waals surface area contributed by atoms with Crippen LogP contribution in [0.5, 0.6) is 0 Å². The maximum absolute atomic E-state index is 12.2. The van der Waals surface area contributed by atoms with Crippen LogP contribution in [0.3, 0.4) is 0 Å². The molecule has 0 saturated heterocycles. The molecule has 2 heterocycles. The zero-order chi connectivity index (χ0) is 16.6. The van der Waals surface area contributed by atoms with Crippen molar-refractivity contribution in [3.63, 3.8) is 0 Å². The highest BCUT2D eigenvalue weighted by Crippen LogP contribution is 2.30. The summed E-state index contributed by atoms with van der Waals surface area (Å²) in [5, 5.41) is 0.699. The molecule has 0 aliphatic carbocycles. The zero-order valence-corrected chi connectivity index (χ0v) is 14.3. The number of nitrogens with zero attached hydrogens (tertiary/aromatic N) is 3. The van der Waals surface area contributed by atoms with Gasteiger partial charge in [-0.15, -0.1) is 0 Å². The summed E-state index contributed by atoms with van der Waals surface area (Å²) in [4.78, 5) is 18.3. The molecule has 1 aromatic carbocycles. The van der Waals surface area contributed by atoms with Gasteiger partial charge < -0.3 is 9.30 Å². The van der Waals surface area contributed by atoms with E-state index in [4.69, 9.17) is 16.3 Å². The van der Waals surface area contributed by atoms with Crippen LogP contribution in [0.2, 0.25) is 5.02 Å². The number of ether oxygens (including phenoxy) is 1. The largest absolute Gasteiger partial charge is 0.444 e. The van der Waals surface area contributed by atoms with Crippen LogP contribution in [0.1, 0.15) is 26.6 Å². The fourth-order valence-electron chi connectivity index (χ4n) is 2.63. The second kappa shape index (κ2) is 5.89. The third kappa shape index (κ3) is 3.34. The van der Waals surface area contributed by atoms with E-state index >= 15 is 0 Å². The van der Waals surface area contributed by atoms with Gasteiger partial charge in [-0.05, 0) is 26.8 Å². The molecule has 1 aliphatic heterocycles. The molecule has 2 aromatic rings. The summed E-state index contributed by atoms with van der Waals surface area (Å²) < 4.78 is 7.54. The van der Waals surface area contributed by atoms with Crippen LogP contribution < -0.4 is 0 Å².